The summed E-state index contributed by atoms with van der Waals surface area (Å²) in [5, 5.41) is 2.77. The third-order valence-electron chi connectivity index (χ3n) is 3.68. The molecular weight excluding hydrogens is 379 g/mol. The fourth-order valence-electron chi connectivity index (χ4n) is 2.55. The van der Waals surface area contributed by atoms with Gasteiger partial charge in [0, 0.05) is 12.2 Å². The van der Waals surface area contributed by atoms with Crippen molar-refractivity contribution in [3.05, 3.63) is 58.0 Å². The molecule has 0 bridgehead atoms. The van der Waals surface area contributed by atoms with Gasteiger partial charge in [-0.2, -0.15) is 0 Å². The third-order valence-corrected chi connectivity index (χ3v) is 4.29. The first-order chi connectivity index (χ1) is 11.4. The number of esters is 1. The summed E-state index contributed by atoms with van der Waals surface area (Å²) < 4.78 is 18.9. The molecule has 0 fully saturated rings. The first kappa shape index (κ1) is 18.2. The molecule has 1 N–H and O–H groups in total. The Morgan fingerprint density at radius 2 is 2.25 bits per heavy atom. The number of rotatable bonds is 5. The van der Waals surface area contributed by atoms with Crippen LogP contribution in [-0.4, -0.2) is 30.1 Å². The number of carbonyl (C=O) groups excluding carboxylic acids is 2. The van der Waals surface area contributed by atoms with Crippen LogP contribution in [-0.2, 0) is 9.53 Å². The second-order valence-corrected chi connectivity index (χ2v) is 6.03. The maximum atomic E-state index is 13.5. The van der Waals surface area contributed by atoms with Gasteiger partial charge in [0.05, 0.1) is 22.7 Å². The molecule has 1 aliphatic rings. The standard InChI is InChI=1S/C17H18BrFN2O3/c1-4-8-21-10(3)14(16(22)24-5-2)15(20-17(21)23)11-6-7-13(19)12(18)9-11/h4,6-7,9,15H,1,5,8H2,2-3H3,(H,20,23). The van der Waals surface area contributed by atoms with Crippen LogP contribution in [0.3, 0.4) is 0 Å². The molecule has 1 aromatic rings. The molecule has 24 heavy (non-hydrogen) atoms. The molecule has 0 spiro atoms. The molecule has 2 amide bonds. The van der Waals surface area contributed by atoms with Crippen LogP contribution >= 0.6 is 15.9 Å². The lowest BCUT2D eigenvalue weighted by Gasteiger charge is -2.34. The van der Waals surface area contributed by atoms with Crippen LogP contribution in [0, 0.1) is 5.82 Å². The van der Waals surface area contributed by atoms with E-state index in [1.807, 2.05) is 0 Å². The summed E-state index contributed by atoms with van der Waals surface area (Å²) in [6.07, 6.45) is 1.57. The number of halogens is 2. The van der Waals surface area contributed by atoms with Crippen LogP contribution in [0.2, 0.25) is 0 Å². The summed E-state index contributed by atoms with van der Waals surface area (Å²) in [6.45, 7) is 7.49. The van der Waals surface area contributed by atoms with Gasteiger partial charge in [0.1, 0.15) is 5.82 Å². The van der Waals surface area contributed by atoms with Gasteiger partial charge in [-0.1, -0.05) is 12.1 Å². The Morgan fingerprint density at radius 1 is 1.54 bits per heavy atom. The van der Waals surface area contributed by atoms with Crippen molar-refractivity contribution in [2.75, 3.05) is 13.2 Å². The second kappa shape index (κ2) is 7.61. The first-order valence-corrected chi connectivity index (χ1v) is 8.21. The van der Waals surface area contributed by atoms with Gasteiger partial charge < -0.3 is 10.1 Å². The van der Waals surface area contributed by atoms with Gasteiger partial charge in [-0.25, -0.2) is 14.0 Å². The van der Waals surface area contributed by atoms with Crippen molar-refractivity contribution in [1.29, 1.82) is 0 Å². The minimum absolute atomic E-state index is 0.213. The summed E-state index contributed by atoms with van der Waals surface area (Å²) in [6, 6.07) is 3.27. The molecule has 1 heterocycles. The molecule has 1 aliphatic heterocycles. The zero-order valence-corrected chi connectivity index (χ0v) is 15.0. The number of hydrogen-bond acceptors (Lipinski definition) is 3. The number of amides is 2. The van der Waals surface area contributed by atoms with Gasteiger partial charge in [-0.05, 0) is 47.5 Å². The Hall–Kier alpha value is -2.15. The summed E-state index contributed by atoms with van der Waals surface area (Å²) in [7, 11) is 0. The first-order valence-electron chi connectivity index (χ1n) is 7.42. The van der Waals surface area contributed by atoms with Crippen molar-refractivity contribution in [3.63, 3.8) is 0 Å². The molecule has 5 nitrogen and oxygen atoms in total. The summed E-state index contributed by atoms with van der Waals surface area (Å²) in [4.78, 5) is 26.2. The van der Waals surface area contributed by atoms with Gasteiger partial charge in [0.25, 0.3) is 0 Å². The SMILES string of the molecule is C=CCN1C(=O)NC(c2ccc(F)c(Br)c2)C(C(=O)OCC)=C1C. The Labute approximate surface area is 148 Å². The van der Waals surface area contributed by atoms with Crippen LogP contribution < -0.4 is 5.32 Å². The lowest BCUT2D eigenvalue weighted by molar-refractivity contribution is -0.139. The number of nitrogens with one attached hydrogen (secondary N) is 1. The van der Waals surface area contributed by atoms with E-state index in [9.17, 15) is 14.0 Å². The molecular formula is C17H18BrFN2O3. The highest BCUT2D eigenvalue weighted by Crippen LogP contribution is 2.33. The van der Waals surface area contributed by atoms with Gasteiger partial charge in [0.15, 0.2) is 0 Å². The van der Waals surface area contributed by atoms with Crippen molar-refractivity contribution in [1.82, 2.24) is 10.2 Å². The van der Waals surface area contributed by atoms with Gasteiger partial charge in [-0.3, -0.25) is 4.90 Å². The number of nitrogens with zero attached hydrogens (tertiary/aromatic N) is 1. The fourth-order valence-corrected chi connectivity index (χ4v) is 2.94. The van der Waals surface area contributed by atoms with Crippen molar-refractivity contribution < 1.29 is 18.7 Å². The number of ether oxygens (including phenoxy) is 1. The van der Waals surface area contributed by atoms with Crippen LogP contribution in [0.5, 0.6) is 0 Å². The average molecular weight is 397 g/mol. The van der Waals surface area contributed by atoms with Crippen molar-refractivity contribution >= 4 is 27.9 Å². The van der Waals surface area contributed by atoms with Gasteiger partial charge in [0.2, 0.25) is 0 Å². The fraction of sp³-hybridized carbons (Fsp3) is 0.294. The van der Waals surface area contributed by atoms with Crippen LogP contribution in [0.25, 0.3) is 0 Å². The van der Waals surface area contributed by atoms with E-state index in [0.29, 0.717) is 16.8 Å². The lowest BCUT2D eigenvalue weighted by atomic mass is 9.95. The Bertz CT molecular complexity index is 718. The quantitative estimate of drug-likeness (QED) is 0.609. The normalized spacial score (nSPS) is 17.6. The predicted octanol–water partition coefficient (Wildman–Crippen LogP) is 3.68. The molecule has 1 atom stereocenters. The molecule has 0 aliphatic carbocycles. The van der Waals surface area contributed by atoms with Gasteiger partial charge >= 0.3 is 12.0 Å². The zero-order chi connectivity index (χ0) is 17.9. The zero-order valence-electron chi connectivity index (χ0n) is 13.4. The van der Waals surface area contributed by atoms with E-state index in [2.05, 4.69) is 27.8 Å². The highest BCUT2D eigenvalue weighted by molar-refractivity contribution is 9.10. The summed E-state index contributed by atoms with van der Waals surface area (Å²) in [5.74, 6) is -0.943. The van der Waals surface area contributed by atoms with E-state index >= 15 is 0 Å². The van der Waals surface area contributed by atoms with E-state index in [-0.39, 0.29) is 23.7 Å². The lowest BCUT2D eigenvalue weighted by Crippen LogP contribution is -2.48. The molecule has 0 radical (unpaired) electrons. The van der Waals surface area contributed by atoms with Crippen LogP contribution in [0.15, 0.2) is 46.6 Å². The number of carbonyl (C=O) groups is 2. The number of hydrogen-bond donors (Lipinski definition) is 1. The highest BCUT2D eigenvalue weighted by Gasteiger charge is 2.36. The molecule has 2 rings (SSSR count). The van der Waals surface area contributed by atoms with E-state index < -0.39 is 17.8 Å². The van der Waals surface area contributed by atoms with Crippen LogP contribution in [0.1, 0.15) is 25.5 Å². The Kier molecular flexibility index (Phi) is 5.77. The van der Waals surface area contributed by atoms with E-state index in [4.69, 9.17) is 4.74 Å². The summed E-state index contributed by atoms with van der Waals surface area (Å²) in [5.41, 5.74) is 1.39. The second-order valence-electron chi connectivity index (χ2n) is 5.17. The minimum atomic E-state index is -0.713. The van der Waals surface area contributed by atoms with Crippen molar-refractivity contribution in [2.45, 2.75) is 19.9 Å². The maximum absolute atomic E-state index is 13.5. The number of urea groups is 1. The highest BCUT2D eigenvalue weighted by atomic mass is 79.9. The molecule has 7 heteroatoms. The van der Waals surface area contributed by atoms with Gasteiger partial charge in [-0.15, -0.1) is 6.58 Å². The molecule has 1 unspecified atom stereocenters. The molecule has 128 valence electrons. The molecule has 0 saturated heterocycles. The predicted molar refractivity (Wildman–Crippen MR) is 91.6 cm³/mol. The summed E-state index contributed by atoms with van der Waals surface area (Å²) >= 11 is 3.12. The van der Waals surface area contributed by atoms with Crippen molar-refractivity contribution in [3.8, 4) is 0 Å². The topological polar surface area (TPSA) is 58.6 Å². The number of allylic oxidation sites excluding steroid dienone is 1. The third kappa shape index (κ3) is 3.51. The largest absolute Gasteiger partial charge is 0.463 e. The molecule has 0 saturated carbocycles. The van der Waals surface area contributed by atoms with E-state index in [1.165, 1.54) is 23.1 Å². The Morgan fingerprint density at radius 3 is 2.83 bits per heavy atom. The minimum Gasteiger partial charge on any atom is -0.463 e. The average Bonchev–Trinajstić information content (AvgIpc) is 2.53. The molecule has 1 aromatic carbocycles. The number of benzene rings is 1. The Balaban J connectivity index is 2.55. The van der Waals surface area contributed by atoms with E-state index in [0.717, 1.165) is 0 Å². The smallest absolute Gasteiger partial charge is 0.338 e. The van der Waals surface area contributed by atoms with E-state index in [1.54, 1.807) is 19.9 Å². The monoisotopic (exact) mass is 396 g/mol. The maximum Gasteiger partial charge on any atom is 0.338 e. The van der Waals surface area contributed by atoms with Crippen molar-refractivity contribution in [2.24, 2.45) is 0 Å². The van der Waals surface area contributed by atoms with Crippen LogP contribution in [0.4, 0.5) is 9.18 Å². The molecule has 0 aromatic heterocycles.